The third-order valence-corrected chi connectivity index (χ3v) is 18.1. The van der Waals surface area contributed by atoms with Crippen LogP contribution >= 0.6 is 7.82 Å². The van der Waals surface area contributed by atoms with E-state index in [9.17, 15) is 64.2 Å². The summed E-state index contributed by atoms with van der Waals surface area (Å²) in [4.78, 5) is 75.4. The average Bonchev–Trinajstić information content (AvgIpc) is 0.883. The maximum Gasteiger partial charge on any atom is 0.470 e. The van der Waals surface area contributed by atoms with Crippen molar-refractivity contribution in [3.63, 3.8) is 0 Å². The van der Waals surface area contributed by atoms with Crippen molar-refractivity contribution in [1.29, 1.82) is 0 Å². The number of hydrogen-bond acceptors (Lipinski definition) is 17. The Labute approximate surface area is 542 Å². The van der Waals surface area contributed by atoms with Gasteiger partial charge in [-0.05, 0) is 32.1 Å². The topological polar surface area (TPSA) is 327 Å². The first-order valence-electron chi connectivity index (χ1n) is 36.0. The van der Waals surface area contributed by atoms with E-state index < -0.39 is 137 Å². The van der Waals surface area contributed by atoms with Gasteiger partial charge in [-0.2, -0.15) is 0 Å². The SMILES string of the molecule is CCCCCCCCCCCCCC(=O)O[C@H](CCCCCCCCCCC)CC(=O)NC1C(OC(=O)C[C@H](O)CCCCCCCCCCC)[C@H](OP(=O)(O)O)C(CO)O[C@H]1OCC1O[C@H](O)C(NC(=O)C[C@H](O)CCCCCCCCCCC)C(O)[C@@H]1O. The first kappa shape index (κ1) is 83.7. The molecule has 2 rings (SSSR count). The highest BCUT2D eigenvalue weighted by molar-refractivity contribution is 7.46. The molecule has 2 saturated heterocycles. The van der Waals surface area contributed by atoms with Gasteiger partial charge in [0.2, 0.25) is 11.8 Å². The monoisotopic (exact) mass is 1310 g/mol. The van der Waals surface area contributed by atoms with E-state index in [0.29, 0.717) is 38.5 Å². The van der Waals surface area contributed by atoms with Crippen LogP contribution in [0.1, 0.15) is 317 Å². The molecule has 530 valence electrons. The molecule has 0 aliphatic carbocycles. The van der Waals surface area contributed by atoms with Crippen molar-refractivity contribution in [3.05, 3.63) is 0 Å². The molecular weight excluding hydrogens is 1180 g/mol. The van der Waals surface area contributed by atoms with E-state index in [1.54, 1.807) is 0 Å². The molecule has 2 aliphatic rings. The van der Waals surface area contributed by atoms with Crippen LogP contribution in [0.3, 0.4) is 0 Å². The third kappa shape index (κ3) is 40.1. The van der Waals surface area contributed by atoms with Crippen LogP contribution in [0.4, 0.5) is 0 Å². The normalized spacial score (nSPS) is 23.1. The summed E-state index contributed by atoms with van der Waals surface area (Å²) in [6, 6.07) is -3.26. The number of esters is 2. The molecule has 2 fully saturated rings. The van der Waals surface area contributed by atoms with E-state index in [-0.39, 0.29) is 19.3 Å². The van der Waals surface area contributed by atoms with Crippen LogP contribution in [0.25, 0.3) is 0 Å². The zero-order chi connectivity index (χ0) is 66.2. The van der Waals surface area contributed by atoms with E-state index in [1.807, 2.05) is 0 Å². The standard InChI is InChI=1S/C68H129N2O19P/c1-5-9-13-17-21-25-26-30-34-38-42-46-59(76)85-54(45-41-37-33-29-24-20-16-12-8-4)49-58(75)70-62-66(88-60(77)48-53(73)44-40-36-32-28-23-19-15-11-7-3)65(89-90(81,82)83)55(50-71)87-68(62)84-51-56-63(78)64(79)61(67(80)86-56)69-57(74)47-52(72)43-39-35-31-27-22-18-14-10-6-2/h52-56,61-68,71-73,78-80H,5-51H2,1-4H3,(H,69,74)(H,70,75)(H2,81,82,83)/t52-,53-,54-,55?,56?,61?,62?,63-,64?,65-,66?,67+,68-/m1/s1. The van der Waals surface area contributed by atoms with Crippen LogP contribution < -0.4 is 10.6 Å². The van der Waals surface area contributed by atoms with Gasteiger partial charge in [-0.15, -0.1) is 0 Å². The van der Waals surface area contributed by atoms with Crippen molar-refractivity contribution in [3.8, 4) is 0 Å². The molecule has 0 aromatic carbocycles. The summed E-state index contributed by atoms with van der Waals surface area (Å²) in [5.41, 5.74) is 0. The summed E-state index contributed by atoms with van der Waals surface area (Å²) >= 11 is 0. The van der Waals surface area contributed by atoms with Crippen molar-refractivity contribution in [1.82, 2.24) is 10.6 Å². The number of aliphatic hydroxyl groups excluding tert-OH is 6. The minimum absolute atomic E-state index is 0.153. The second-order valence-corrected chi connectivity index (χ2v) is 27.2. The Morgan fingerprint density at radius 1 is 0.467 bits per heavy atom. The molecule has 2 heterocycles. The van der Waals surface area contributed by atoms with Gasteiger partial charge in [0.05, 0.1) is 44.7 Å². The number of amides is 2. The smallest absolute Gasteiger partial charge is 0.462 e. The Kier molecular flexibility index (Phi) is 49.2. The lowest BCUT2D eigenvalue weighted by Crippen LogP contribution is -2.67. The molecule has 22 heteroatoms. The Balaban J connectivity index is 2.36. The zero-order valence-corrected chi connectivity index (χ0v) is 57.1. The summed E-state index contributed by atoms with van der Waals surface area (Å²) in [5.74, 6) is -2.98. The number of carbonyl (C=O) groups excluding carboxylic acids is 4. The summed E-state index contributed by atoms with van der Waals surface area (Å²) in [7, 11) is -5.49. The maximum absolute atomic E-state index is 14.5. The number of nitrogens with one attached hydrogen (secondary N) is 2. The molecule has 0 spiro atoms. The number of ether oxygens (including phenoxy) is 5. The zero-order valence-electron chi connectivity index (χ0n) is 56.3. The van der Waals surface area contributed by atoms with E-state index in [2.05, 4.69) is 38.3 Å². The van der Waals surface area contributed by atoms with Gasteiger partial charge < -0.3 is 74.7 Å². The molecule has 0 saturated carbocycles. The van der Waals surface area contributed by atoms with Crippen molar-refractivity contribution < 1.29 is 92.4 Å². The summed E-state index contributed by atoms with van der Waals surface area (Å²) < 4.78 is 47.6. The Hall–Kier alpha value is -2.37. The third-order valence-electron chi connectivity index (χ3n) is 17.6. The van der Waals surface area contributed by atoms with Gasteiger partial charge in [-0.3, -0.25) is 23.7 Å². The average molecular weight is 1310 g/mol. The Bertz CT molecular complexity index is 1850. The van der Waals surface area contributed by atoms with E-state index in [1.165, 1.54) is 89.9 Å². The fourth-order valence-electron chi connectivity index (χ4n) is 12.2. The van der Waals surface area contributed by atoms with Crippen LogP contribution in [-0.2, 0) is 52.0 Å². The van der Waals surface area contributed by atoms with Gasteiger partial charge in [0, 0.05) is 6.42 Å². The van der Waals surface area contributed by atoms with E-state index in [4.69, 9.17) is 28.2 Å². The molecule has 0 bridgehead atoms. The second-order valence-electron chi connectivity index (χ2n) is 26.0. The fourth-order valence-corrected chi connectivity index (χ4v) is 12.7. The first-order chi connectivity index (χ1) is 43.4. The van der Waals surface area contributed by atoms with Crippen molar-refractivity contribution in [2.45, 2.75) is 396 Å². The number of phosphoric ester groups is 1. The lowest BCUT2D eigenvalue weighted by atomic mass is 9.95. The molecule has 13 atom stereocenters. The van der Waals surface area contributed by atoms with Gasteiger partial charge in [-0.25, -0.2) is 4.57 Å². The Morgan fingerprint density at radius 2 is 0.867 bits per heavy atom. The highest BCUT2D eigenvalue weighted by atomic mass is 31.2. The molecule has 6 unspecified atom stereocenters. The number of rotatable bonds is 58. The lowest BCUT2D eigenvalue weighted by molar-refractivity contribution is -0.297. The number of unbranched alkanes of at least 4 members (excludes halogenated alkanes) is 34. The van der Waals surface area contributed by atoms with Crippen LogP contribution in [0.15, 0.2) is 0 Å². The van der Waals surface area contributed by atoms with E-state index >= 15 is 0 Å². The molecule has 0 radical (unpaired) electrons. The predicted molar refractivity (Wildman–Crippen MR) is 348 cm³/mol. The van der Waals surface area contributed by atoms with Crippen molar-refractivity contribution in [2.75, 3.05) is 13.2 Å². The minimum atomic E-state index is -5.49. The van der Waals surface area contributed by atoms with Gasteiger partial charge in [0.1, 0.15) is 48.7 Å². The van der Waals surface area contributed by atoms with Gasteiger partial charge in [-0.1, -0.05) is 259 Å². The Morgan fingerprint density at radius 3 is 1.31 bits per heavy atom. The lowest BCUT2D eigenvalue weighted by Gasteiger charge is -2.46. The molecule has 0 aromatic heterocycles. The molecule has 21 nitrogen and oxygen atoms in total. The molecule has 10 N–H and O–H groups in total. The van der Waals surface area contributed by atoms with Crippen LogP contribution in [-0.4, -0.2) is 157 Å². The van der Waals surface area contributed by atoms with Crippen LogP contribution in [0.2, 0.25) is 0 Å². The summed E-state index contributed by atoms with van der Waals surface area (Å²) in [5, 5.41) is 71.4. The first-order valence-corrected chi connectivity index (χ1v) is 37.6. The van der Waals surface area contributed by atoms with E-state index in [0.717, 1.165) is 128 Å². The fraction of sp³-hybridized carbons (Fsp3) is 0.941. The second kappa shape index (κ2) is 52.9. The number of phosphoric acid groups is 1. The molecular formula is C68H129N2O19P. The highest BCUT2D eigenvalue weighted by Gasteiger charge is 2.53. The van der Waals surface area contributed by atoms with Crippen LogP contribution in [0, 0.1) is 0 Å². The maximum atomic E-state index is 14.5. The minimum Gasteiger partial charge on any atom is -0.462 e. The van der Waals surface area contributed by atoms with Gasteiger partial charge >= 0.3 is 19.8 Å². The van der Waals surface area contributed by atoms with Crippen molar-refractivity contribution >= 4 is 31.6 Å². The molecule has 2 amide bonds. The quantitative estimate of drug-likeness (QED) is 0.0154. The van der Waals surface area contributed by atoms with Gasteiger partial charge in [0.25, 0.3) is 0 Å². The molecule has 2 aliphatic heterocycles. The molecule has 90 heavy (non-hydrogen) atoms. The number of aliphatic hydroxyl groups is 6. The largest absolute Gasteiger partial charge is 0.470 e. The van der Waals surface area contributed by atoms with Crippen LogP contribution in [0.5, 0.6) is 0 Å². The van der Waals surface area contributed by atoms with Gasteiger partial charge in [0.15, 0.2) is 18.7 Å². The highest BCUT2D eigenvalue weighted by Crippen LogP contribution is 2.42. The predicted octanol–water partition coefficient (Wildman–Crippen LogP) is 11.8. The number of carbonyl (C=O) groups is 4. The summed E-state index contributed by atoms with van der Waals surface area (Å²) in [6.45, 7) is 7.00. The molecule has 0 aromatic rings. The number of hydrogen-bond donors (Lipinski definition) is 10. The summed E-state index contributed by atoms with van der Waals surface area (Å²) in [6.07, 6.45) is 22.7. The van der Waals surface area contributed by atoms with Crippen molar-refractivity contribution in [2.24, 2.45) is 0 Å².